The number of likely N-dealkylation sites (tertiary alicyclic amines) is 1. The first-order valence-corrected chi connectivity index (χ1v) is 8.29. The third-order valence-corrected chi connectivity index (χ3v) is 5.06. The van der Waals surface area contributed by atoms with Gasteiger partial charge in [-0.25, -0.2) is 0 Å². The Labute approximate surface area is 129 Å². The van der Waals surface area contributed by atoms with Gasteiger partial charge in [0.1, 0.15) is 0 Å². The summed E-state index contributed by atoms with van der Waals surface area (Å²) in [5, 5.41) is 5.12. The largest absolute Gasteiger partial charge is 0.325 e. The van der Waals surface area contributed by atoms with Gasteiger partial charge in [-0.1, -0.05) is 24.3 Å². The van der Waals surface area contributed by atoms with Gasteiger partial charge in [0.15, 0.2) is 0 Å². The van der Waals surface area contributed by atoms with E-state index in [1.165, 1.54) is 4.88 Å². The van der Waals surface area contributed by atoms with Crippen molar-refractivity contribution in [3.05, 3.63) is 52.7 Å². The molecule has 2 aromatic rings. The maximum absolute atomic E-state index is 12.5. The van der Waals surface area contributed by atoms with Gasteiger partial charge < -0.3 is 5.32 Å². The molecule has 110 valence electrons. The van der Waals surface area contributed by atoms with Crippen LogP contribution in [0.15, 0.2) is 47.8 Å². The number of rotatable bonds is 4. The molecule has 1 saturated heterocycles. The summed E-state index contributed by atoms with van der Waals surface area (Å²) < 4.78 is 0. The molecule has 0 bridgehead atoms. The van der Waals surface area contributed by atoms with E-state index in [4.69, 9.17) is 0 Å². The molecule has 2 atom stereocenters. The molecule has 1 aliphatic rings. The Kier molecular flexibility index (Phi) is 4.36. The van der Waals surface area contributed by atoms with E-state index < -0.39 is 0 Å². The third-order valence-electron chi connectivity index (χ3n) is 4.08. The van der Waals surface area contributed by atoms with Crippen molar-refractivity contribution in [3.8, 4) is 0 Å². The Hall–Kier alpha value is -1.65. The van der Waals surface area contributed by atoms with E-state index in [9.17, 15) is 4.79 Å². The maximum atomic E-state index is 12.5. The number of benzene rings is 1. The zero-order valence-electron chi connectivity index (χ0n) is 12.2. The second-order valence-electron chi connectivity index (χ2n) is 5.44. The van der Waals surface area contributed by atoms with Gasteiger partial charge >= 0.3 is 0 Å². The lowest BCUT2D eigenvalue weighted by molar-refractivity contribution is -0.121. The van der Waals surface area contributed by atoms with Gasteiger partial charge in [-0.2, -0.15) is 0 Å². The molecule has 4 heteroatoms. The first-order valence-electron chi connectivity index (χ1n) is 7.41. The summed E-state index contributed by atoms with van der Waals surface area (Å²) in [6, 6.07) is 14.2. The van der Waals surface area contributed by atoms with Crippen molar-refractivity contribution in [2.24, 2.45) is 0 Å². The van der Waals surface area contributed by atoms with Crippen LogP contribution in [0.1, 0.15) is 30.7 Å². The van der Waals surface area contributed by atoms with Crippen LogP contribution >= 0.6 is 11.3 Å². The van der Waals surface area contributed by atoms with Crippen LogP contribution in [0.2, 0.25) is 0 Å². The summed E-state index contributed by atoms with van der Waals surface area (Å²) in [7, 11) is 0. The molecule has 1 fully saturated rings. The topological polar surface area (TPSA) is 32.3 Å². The third kappa shape index (κ3) is 3.17. The molecule has 3 rings (SSSR count). The Morgan fingerprint density at radius 1 is 1.29 bits per heavy atom. The van der Waals surface area contributed by atoms with Crippen LogP contribution in [0.25, 0.3) is 0 Å². The van der Waals surface area contributed by atoms with Crippen LogP contribution < -0.4 is 5.32 Å². The number of thiophene rings is 1. The number of hydrogen-bond donors (Lipinski definition) is 1. The maximum Gasteiger partial charge on any atom is 0.241 e. The van der Waals surface area contributed by atoms with E-state index in [0.717, 1.165) is 25.1 Å². The number of nitrogens with zero attached hydrogens (tertiary/aromatic N) is 1. The predicted octanol–water partition coefficient (Wildman–Crippen LogP) is 3.91. The molecule has 0 unspecified atom stereocenters. The van der Waals surface area contributed by atoms with E-state index in [1.54, 1.807) is 11.3 Å². The zero-order chi connectivity index (χ0) is 14.7. The van der Waals surface area contributed by atoms with Crippen LogP contribution in [-0.4, -0.2) is 23.4 Å². The van der Waals surface area contributed by atoms with Crippen LogP contribution in [0.3, 0.4) is 0 Å². The lowest BCUT2D eigenvalue weighted by Gasteiger charge is -2.29. The van der Waals surface area contributed by atoms with Gasteiger partial charge in [-0.05, 0) is 49.9 Å². The molecule has 1 aliphatic heterocycles. The fourth-order valence-corrected chi connectivity index (χ4v) is 3.84. The molecule has 0 aliphatic carbocycles. The Morgan fingerprint density at radius 3 is 2.81 bits per heavy atom. The van der Waals surface area contributed by atoms with Crippen molar-refractivity contribution >= 4 is 22.9 Å². The lowest BCUT2D eigenvalue weighted by Crippen LogP contribution is -2.41. The summed E-state index contributed by atoms with van der Waals surface area (Å²) in [6.07, 6.45) is 2.30. The Morgan fingerprint density at radius 2 is 2.10 bits per heavy atom. The van der Waals surface area contributed by atoms with E-state index in [-0.39, 0.29) is 11.9 Å². The van der Waals surface area contributed by atoms with E-state index in [1.807, 2.05) is 37.3 Å². The Bertz CT molecular complexity index is 582. The summed E-state index contributed by atoms with van der Waals surface area (Å²) >= 11 is 1.78. The summed E-state index contributed by atoms with van der Waals surface area (Å²) in [5.74, 6) is 0.0738. The smallest absolute Gasteiger partial charge is 0.241 e. The molecule has 0 spiro atoms. The SMILES string of the molecule is C[C@@H](C(=O)Nc1ccccc1)N1CCC[C@@H]1c1cccs1. The van der Waals surface area contributed by atoms with Crippen LogP contribution in [-0.2, 0) is 4.79 Å². The summed E-state index contributed by atoms with van der Waals surface area (Å²) in [5.41, 5.74) is 0.862. The van der Waals surface area contributed by atoms with Crippen LogP contribution in [0, 0.1) is 0 Å². The highest BCUT2D eigenvalue weighted by molar-refractivity contribution is 7.10. The van der Waals surface area contributed by atoms with Gasteiger partial charge in [-0.3, -0.25) is 9.69 Å². The number of carbonyl (C=O) groups excluding carboxylic acids is 1. The number of amides is 1. The molecule has 1 aromatic carbocycles. The van der Waals surface area contributed by atoms with Gasteiger partial charge in [0.05, 0.1) is 6.04 Å². The number of nitrogens with one attached hydrogen (secondary N) is 1. The number of anilines is 1. The molecular formula is C17H20N2OS. The highest BCUT2D eigenvalue weighted by Gasteiger charge is 2.33. The number of carbonyl (C=O) groups is 1. The lowest BCUT2D eigenvalue weighted by atomic mass is 10.1. The minimum absolute atomic E-state index is 0.0738. The summed E-state index contributed by atoms with van der Waals surface area (Å²) in [6.45, 7) is 3.00. The van der Waals surface area contributed by atoms with E-state index in [0.29, 0.717) is 6.04 Å². The molecular weight excluding hydrogens is 280 g/mol. The molecule has 21 heavy (non-hydrogen) atoms. The standard InChI is InChI=1S/C17H20N2OS/c1-13(17(20)18-14-7-3-2-4-8-14)19-11-5-9-15(19)16-10-6-12-21-16/h2-4,6-8,10,12-13,15H,5,9,11H2,1H3,(H,18,20)/t13-,15+/m0/s1. The molecule has 0 saturated carbocycles. The second-order valence-corrected chi connectivity index (χ2v) is 6.42. The number of hydrogen-bond acceptors (Lipinski definition) is 3. The minimum Gasteiger partial charge on any atom is -0.325 e. The average molecular weight is 300 g/mol. The minimum atomic E-state index is -0.111. The Balaban J connectivity index is 1.69. The van der Waals surface area contributed by atoms with Gasteiger partial charge in [0, 0.05) is 16.6 Å². The van der Waals surface area contributed by atoms with Crippen molar-refractivity contribution in [1.29, 1.82) is 0 Å². The fraction of sp³-hybridized carbons (Fsp3) is 0.353. The predicted molar refractivity (Wildman–Crippen MR) is 87.5 cm³/mol. The van der Waals surface area contributed by atoms with Crippen molar-refractivity contribution in [2.45, 2.75) is 31.8 Å². The highest BCUT2D eigenvalue weighted by Crippen LogP contribution is 2.35. The fourth-order valence-electron chi connectivity index (χ4n) is 2.96. The highest BCUT2D eigenvalue weighted by atomic mass is 32.1. The van der Waals surface area contributed by atoms with Crippen molar-refractivity contribution in [2.75, 3.05) is 11.9 Å². The molecule has 1 amide bonds. The molecule has 1 aromatic heterocycles. The quantitative estimate of drug-likeness (QED) is 0.928. The van der Waals surface area contributed by atoms with Crippen molar-refractivity contribution in [1.82, 2.24) is 4.90 Å². The average Bonchev–Trinajstić information content (AvgIpc) is 3.18. The van der Waals surface area contributed by atoms with E-state index >= 15 is 0 Å². The van der Waals surface area contributed by atoms with Gasteiger partial charge in [0.25, 0.3) is 0 Å². The van der Waals surface area contributed by atoms with Crippen molar-refractivity contribution < 1.29 is 4.79 Å². The summed E-state index contributed by atoms with van der Waals surface area (Å²) in [4.78, 5) is 16.2. The molecule has 0 radical (unpaired) electrons. The van der Waals surface area contributed by atoms with E-state index in [2.05, 4.69) is 27.7 Å². The first-order chi connectivity index (χ1) is 10.3. The zero-order valence-corrected chi connectivity index (χ0v) is 13.0. The van der Waals surface area contributed by atoms with Gasteiger partial charge in [0.2, 0.25) is 5.91 Å². The normalized spacial score (nSPS) is 20.3. The molecule has 1 N–H and O–H groups in total. The van der Waals surface area contributed by atoms with Crippen molar-refractivity contribution in [3.63, 3.8) is 0 Å². The first kappa shape index (κ1) is 14.3. The van der Waals surface area contributed by atoms with Crippen LogP contribution in [0.4, 0.5) is 5.69 Å². The number of para-hydroxylation sites is 1. The van der Waals surface area contributed by atoms with Gasteiger partial charge in [-0.15, -0.1) is 11.3 Å². The van der Waals surface area contributed by atoms with Crippen LogP contribution in [0.5, 0.6) is 0 Å². The molecule has 3 nitrogen and oxygen atoms in total. The monoisotopic (exact) mass is 300 g/mol. The molecule has 2 heterocycles. The second kappa shape index (κ2) is 6.41.